The zero-order chi connectivity index (χ0) is 13.2. The zero-order valence-electron chi connectivity index (χ0n) is 10.8. The van der Waals surface area contributed by atoms with Crippen LogP contribution < -0.4 is 10.5 Å². The standard InChI is InChI=1S/C17H15NO/c1-19-16-10-9-12-5-2-3-8-15(12)17(16)13-6-4-7-14(18)11-13/h2-11H,18H2,1H3. The summed E-state index contributed by atoms with van der Waals surface area (Å²) in [6, 6.07) is 20.2. The van der Waals surface area contributed by atoms with Gasteiger partial charge in [0.05, 0.1) is 7.11 Å². The number of ether oxygens (including phenoxy) is 1. The van der Waals surface area contributed by atoms with Gasteiger partial charge in [-0.15, -0.1) is 0 Å². The third-order valence-corrected chi connectivity index (χ3v) is 3.29. The lowest BCUT2D eigenvalue weighted by Crippen LogP contribution is -1.91. The molecule has 0 aromatic heterocycles. The Morgan fingerprint density at radius 1 is 0.895 bits per heavy atom. The lowest BCUT2D eigenvalue weighted by Gasteiger charge is -2.12. The van der Waals surface area contributed by atoms with Gasteiger partial charge in [-0.2, -0.15) is 0 Å². The Balaban J connectivity index is 2.37. The molecule has 0 heterocycles. The molecule has 0 aliphatic rings. The van der Waals surface area contributed by atoms with E-state index in [0.717, 1.165) is 22.6 Å². The number of methoxy groups -OCH3 is 1. The molecule has 0 saturated heterocycles. The molecule has 0 aliphatic carbocycles. The first-order valence-electron chi connectivity index (χ1n) is 6.21. The summed E-state index contributed by atoms with van der Waals surface area (Å²) in [5.41, 5.74) is 8.82. The van der Waals surface area contributed by atoms with Crippen molar-refractivity contribution < 1.29 is 4.74 Å². The van der Waals surface area contributed by atoms with Gasteiger partial charge in [0.25, 0.3) is 0 Å². The Morgan fingerprint density at radius 2 is 1.74 bits per heavy atom. The van der Waals surface area contributed by atoms with Crippen molar-refractivity contribution in [3.05, 3.63) is 60.7 Å². The van der Waals surface area contributed by atoms with Crippen LogP contribution in [0.25, 0.3) is 21.9 Å². The van der Waals surface area contributed by atoms with Gasteiger partial charge < -0.3 is 10.5 Å². The van der Waals surface area contributed by atoms with Crippen molar-refractivity contribution in [2.75, 3.05) is 12.8 Å². The molecule has 2 N–H and O–H groups in total. The number of anilines is 1. The van der Waals surface area contributed by atoms with E-state index in [0.29, 0.717) is 0 Å². The van der Waals surface area contributed by atoms with Crippen LogP contribution in [0.5, 0.6) is 5.75 Å². The van der Waals surface area contributed by atoms with Crippen LogP contribution >= 0.6 is 0 Å². The number of fused-ring (bicyclic) bond motifs is 1. The zero-order valence-corrected chi connectivity index (χ0v) is 10.8. The van der Waals surface area contributed by atoms with Gasteiger partial charge in [0.1, 0.15) is 5.75 Å². The largest absolute Gasteiger partial charge is 0.496 e. The van der Waals surface area contributed by atoms with Crippen LogP contribution in [-0.4, -0.2) is 7.11 Å². The van der Waals surface area contributed by atoms with E-state index in [1.165, 1.54) is 10.8 Å². The summed E-state index contributed by atoms with van der Waals surface area (Å²) in [4.78, 5) is 0. The molecule has 2 nitrogen and oxygen atoms in total. The number of benzene rings is 3. The van der Waals surface area contributed by atoms with Crippen molar-refractivity contribution in [1.82, 2.24) is 0 Å². The van der Waals surface area contributed by atoms with Crippen molar-refractivity contribution >= 4 is 16.5 Å². The summed E-state index contributed by atoms with van der Waals surface area (Å²) in [5.74, 6) is 0.865. The summed E-state index contributed by atoms with van der Waals surface area (Å²) in [6.45, 7) is 0. The molecule has 0 aliphatic heterocycles. The Labute approximate surface area is 112 Å². The molecule has 3 rings (SSSR count). The van der Waals surface area contributed by atoms with Crippen LogP contribution in [-0.2, 0) is 0 Å². The summed E-state index contributed by atoms with van der Waals surface area (Å²) in [6.07, 6.45) is 0. The first kappa shape index (κ1) is 11.6. The topological polar surface area (TPSA) is 35.2 Å². The second kappa shape index (κ2) is 4.65. The SMILES string of the molecule is COc1ccc2ccccc2c1-c1cccc(N)c1. The van der Waals surface area contributed by atoms with Gasteiger partial charge in [-0.05, 0) is 34.5 Å². The molecule has 0 atom stereocenters. The van der Waals surface area contributed by atoms with Gasteiger partial charge in [0, 0.05) is 11.3 Å². The fourth-order valence-corrected chi connectivity index (χ4v) is 2.41. The predicted octanol–water partition coefficient (Wildman–Crippen LogP) is 4.10. The number of nitrogens with two attached hydrogens (primary N) is 1. The van der Waals surface area contributed by atoms with Gasteiger partial charge in [-0.3, -0.25) is 0 Å². The minimum absolute atomic E-state index is 0.757. The fourth-order valence-electron chi connectivity index (χ4n) is 2.41. The molecule has 0 saturated carbocycles. The van der Waals surface area contributed by atoms with Gasteiger partial charge in [-0.1, -0.05) is 42.5 Å². The fraction of sp³-hybridized carbons (Fsp3) is 0.0588. The molecule has 2 heteroatoms. The van der Waals surface area contributed by atoms with E-state index in [9.17, 15) is 0 Å². The minimum atomic E-state index is 0.757. The average Bonchev–Trinajstić information content (AvgIpc) is 2.46. The number of hydrogen-bond donors (Lipinski definition) is 1. The highest BCUT2D eigenvalue weighted by molar-refractivity contribution is 6.00. The van der Waals surface area contributed by atoms with Crippen LogP contribution in [0.4, 0.5) is 5.69 Å². The molecule has 0 bridgehead atoms. The monoisotopic (exact) mass is 249 g/mol. The third-order valence-electron chi connectivity index (χ3n) is 3.29. The summed E-state index contributed by atoms with van der Waals surface area (Å²) in [5, 5.41) is 2.37. The molecule has 0 spiro atoms. The second-order valence-corrected chi connectivity index (χ2v) is 4.49. The maximum Gasteiger partial charge on any atom is 0.127 e. The van der Waals surface area contributed by atoms with Crippen molar-refractivity contribution in [3.63, 3.8) is 0 Å². The summed E-state index contributed by atoms with van der Waals surface area (Å²) < 4.78 is 5.51. The van der Waals surface area contributed by atoms with Crippen LogP contribution in [0.3, 0.4) is 0 Å². The van der Waals surface area contributed by atoms with E-state index in [1.807, 2.05) is 36.4 Å². The first-order valence-corrected chi connectivity index (χ1v) is 6.21. The maximum absolute atomic E-state index is 5.89. The Morgan fingerprint density at radius 3 is 2.53 bits per heavy atom. The number of hydrogen-bond acceptors (Lipinski definition) is 2. The van der Waals surface area contributed by atoms with E-state index < -0.39 is 0 Å². The maximum atomic E-state index is 5.89. The van der Waals surface area contributed by atoms with E-state index in [2.05, 4.69) is 24.3 Å². The van der Waals surface area contributed by atoms with E-state index >= 15 is 0 Å². The van der Waals surface area contributed by atoms with E-state index in [1.54, 1.807) is 7.11 Å². The minimum Gasteiger partial charge on any atom is -0.496 e. The molecule has 3 aromatic rings. The Kier molecular flexibility index (Phi) is 2.84. The van der Waals surface area contributed by atoms with Crippen LogP contribution in [0, 0.1) is 0 Å². The van der Waals surface area contributed by atoms with Crippen molar-refractivity contribution in [2.45, 2.75) is 0 Å². The molecule has 0 fully saturated rings. The lowest BCUT2D eigenvalue weighted by atomic mass is 9.97. The van der Waals surface area contributed by atoms with Crippen LogP contribution in [0.15, 0.2) is 60.7 Å². The van der Waals surface area contributed by atoms with Crippen LogP contribution in [0.1, 0.15) is 0 Å². The molecule has 0 radical (unpaired) electrons. The molecule has 0 unspecified atom stereocenters. The molecule has 19 heavy (non-hydrogen) atoms. The summed E-state index contributed by atoms with van der Waals surface area (Å²) in [7, 11) is 1.69. The van der Waals surface area contributed by atoms with Gasteiger partial charge in [0.15, 0.2) is 0 Å². The third kappa shape index (κ3) is 2.02. The van der Waals surface area contributed by atoms with Gasteiger partial charge >= 0.3 is 0 Å². The molecule has 0 amide bonds. The van der Waals surface area contributed by atoms with Gasteiger partial charge in [0.2, 0.25) is 0 Å². The first-order chi connectivity index (χ1) is 9.29. The highest BCUT2D eigenvalue weighted by Gasteiger charge is 2.10. The van der Waals surface area contributed by atoms with E-state index in [4.69, 9.17) is 10.5 Å². The van der Waals surface area contributed by atoms with Crippen molar-refractivity contribution in [1.29, 1.82) is 0 Å². The molecule has 3 aromatic carbocycles. The number of rotatable bonds is 2. The highest BCUT2D eigenvalue weighted by atomic mass is 16.5. The summed E-state index contributed by atoms with van der Waals surface area (Å²) >= 11 is 0. The lowest BCUT2D eigenvalue weighted by molar-refractivity contribution is 0.417. The molecular formula is C17H15NO. The average molecular weight is 249 g/mol. The Bertz CT molecular complexity index is 734. The number of nitrogen functional groups attached to an aromatic ring is 1. The van der Waals surface area contributed by atoms with Crippen molar-refractivity contribution in [3.8, 4) is 16.9 Å². The highest BCUT2D eigenvalue weighted by Crippen LogP contribution is 2.37. The predicted molar refractivity (Wildman–Crippen MR) is 80.3 cm³/mol. The second-order valence-electron chi connectivity index (χ2n) is 4.49. The quantitative estimate of drug-likeness (QED) is 0.694. The normalized spacial score (nSPS) is 10.6. The smallest absolute Gasteiger partial charge is 0.127 e. The molecular weight excluding hydrogens is 234 g/mol. The van der Waals surface area contributed by atoms with Crippen LogP contribution in [0.2, 0.25) is 0 Å². The van der Waals surface area contributed by atoms with Crippen molar-refractivity contribution in [2.24, 2.45) is 0 Å². The van der Waals surface area contributed by atoms with Gasteiger partial charge in [-0.25, -0.2) is 0 Å². The van der Waals surface area contributed by atoms with E-state index in [-0.39, 0.29) is 0 Å². The Hall–Kier alpha value is -2.48. The molecule has 94 valence electrons.